The fourth-order valence-electron chi connectivity index (χ4n) is 1.80. The highest BCUT2D eigenvalue weighted by atomic mass is 16.6. The van der Waals surface area contributed by atoms with Crippen LogP contribution in [0.25, 0.3) is 0 Å². The fraction of sp³-hybridized carbons (Fsp3) is 0.500. The molecular formula is C14H20N2O5. The van der Waals surface area contributed by atoms with E-state index in [-0.39, 0.29) is 18.0 Å². The molecule has 0 aliphatic heterocycles. The van der Waals surface area contributed by atoms with Gasteiger partial charge in [-0.1, -0.05) is 6.92 Å². The van der Waals surface area contributed by atoms with Crippen molar-refractivity contribution in [1.29, 1.82) is 0 Å². The van der Waals surface area contributed by atoms with Gasteiger partial charge in [-0.05, 0) is 19.3 Å². The number of hydrogen-bond acceptors (Lipinski definition) is 5. The van der Waals surface area contributed by atoms with E-state index >= 15 is 0 Å². The molecule has 0 fully saturated rings. The van der Waals surface area contributed by atoms with E-state index in [0.29, 0.717) is 31.0 Å². The maximum absolute atomic E-state index is 10.9. The number of carbonyl (C=O) groups is 1. The first-order chi connectivity index (χ1) is 9.92. The molecule has 21 heavy (non-hydrogen) atoms. The van der Waals surface area contributed by atoms with Crippen LogP contribution in [0.1, 0.15) is 26.7 Å². The zero-order chi connectivity index (χ0) is 15.8. The van der Waals surface area contributed by atoms with Gasteiger partial charge in [-0.25, -0.2) is 0 Å². The van der Waals surface area contributed by atoms with Crippen LogP contribution in [0.15, 0.2) is 18.2 Å². The third-order valence-electron chi connectivity index (χ3n) is 2.92. The second-order valence-electron chi connectivity index (χ2n) is 4.82. The number of nitro groups is 1. The van der Waals surface area contributed by atoms with E-state index in [1.54, 1.807) is 13.0 Å². The average Bonchev–Trinajstić information content (AvgIpc) is 2.43. The molecule has 2 N–H and O–H groups in total. The molecule has 0 bridgehead atoms. The van der Waals surface area contributed by atoms with Crippen LogP contribution in [0.5, 0.6) is 5.75 Å². The summed E-state index contributed by atoms with van der Waals surface area (Å²) in [7, 11) is 0. The van der Waals surface area contributed by atoms with Crippen molar-refractivity contribution >= 4 is 17.3 Å². The zero-order valence-electron chi connectivity index (χ0n) is 12.2. The van der Waals surface area contributed by atoms with Gasteiger partial charge in [0.2, 0.25) is 0 Å². The van der Waals surface area contributed by atoms with Crippen molar-refractivity contribution in [1.82, 2.24) is 0 Å². The zero-order valence-corrected chi connectivity index (χ0v) is 12.2. The van der Waals surface area contributed by atoms with Crippen LogP contribution in [0.4, 0.5) is 11.4 Å². The van der Waals surface area contributed by atoms with Gasteiger partial charge in [0.25, 0.3) is 5.69 Å². The van der Waals surface area contributed by atoms with Gasteiger partial charge in [0.05, 0.1) is 17.6 Å². The first-order valence-electron chi connectivity index (χ1n) is 6.80. The van der Waals surface area contributed by atoms with Gasteiger partial charge in [0.15, 0.2) is 0 Å². The van der Waals surface area contributed by atoms with Crippen LogP contribution >= 0.6 is 0 Å². The molecule has 0 saturated heterocycles. The van der Waals surface area contributed by atoms with E-state index in [2.05, 4.69) is 5.32 Å². The van der Waals surface area contributed by atoms with Gasteiger partial charge >= 0.3 is 5.97 Å². The summed E-state index contributed by atoms with van der Waals surface area (Å²) in [4.78, 5) is 20.9. The van der Waals surface area contributed by atoms with Crippen molar-refractivity contribution in [3.8, 4) is 5.75 Å². The average molecular weight is 296 g/mol. The molecule has 7 heteroatoms. The second kappa shape index (κ2) is 8.08. The molecule has 1 rings (SSSR count). The molecule has 0 aliphatic carbocycles. The summed E-state index contributed by atoms with van der Waals surface area (Å²) in [6.45, 7) is 4.70. The maximum atomic E-state index is 10.9. The monoisotopic (exact) mass is 296 g/mol. The Morgan fingerprint density at radius 1 is 1.48 bits per heavy atom. The van der Waals surface area contributed by atoms with E-state index in [4.69, 9.17) is 9.84 Å². The third-order valence-corrected chi connectivity index (χ3v) is 2.92. The van der Waals surface area contributed by atoms with Crippen molar-refractivity contribution in [2.45, 2.75) is 26.7 Å². The molecule has 0 aromatic heterocycles. The standard InChI is InChI=1S/C14H20N2O5/c1-3-21-13-7-11(6-12(8-13)16(19)20)15-9-10(2)4-5-14(17)18/h6-8,10,15H,3-5,9H2,1-2H3,(H,17,18). The van der Waals surface area contributed by atoms with E-state index in [1.165, 1.54) is 12.1 Å². The Morgan fingerprint density at radius 3 is 2.76 bits per heavy atom. The Morgan fingerprint density at radius 2 is 2.19 bits per heavy atom. The Kier molecular flexibility index (Phi) is 6.45. The van der Waals surface area contributed by atoms with Gasteiger partial charge < -0.3 is 15.2 Å². The number of hydrogen-bond donors (Lipinski definition) is 2. The van der Waals surface area contributed by atoms with Crippen LogP contribution in [-0.4, -0.2) is 29.2 Å². The smallest absolute Gasteiger partial charge is 0.303 e. The number of anilines is 1. The van der Waals surface area contributed by atoms with E-state index in [9.17, 15) is 14.9 Å². The summed E-state index contributed by atoms with van der Waals surface area (Å²) < 4.78 is 5.30. The molecule has 1 atom stereocenters. The highest BCUT2D eigenvalue weighted by molar-refractivity contribution is 5.66. The fourth-order valence-corrected chi connectivity index (χ4v) is 1.80. The SMILES string of the molecule is CCOc1cc(NCC(C)CCC(=O)O)cc([N+](=O)[O-])c1. The Bertz CT molecular complexity index is 504. The van der Waals surface area contributed by atoms with Crippen molar-refractivity contribution < 1.29 is 19.6 Å². The minimum Gasteiger partial charge on any atom is -0.494 e. The number of rotatable bonds is 9. The van der Waals surface area contributed by atoms with Crippen molar-refractivity contribution in [3.63, 3.8) is 0 Å². The maximum Gasteiger partial charge on any atom is 0.303 e. The molecule has 7 nitrogen and oxygen atoms in total. The number of nitrogens with one attached hydrogen (secondary N) is 1. The third kappa shape index (κ3) is 6.11. The number of carboxylic acid groups (broad SMARTS) is 1. The summed E-state index contributed by atoms with van der Waals surface area (Å²) in [6.07, 6.45) is 0.664. The quantitative estimate of drug-likeness (QED) is 0.536. The normalized spacial score (nSPS) is 11.7. The lowest BCUT2D eigenvalue weighted by Gasteiger charge is -2.13. The number of non-ortho nitro benzene ring substituents is 1. The summed E-state index contributed by atoms with van der Waals surface area (Å²) in [6, 6.07) is 4.51. The Labute approximate surface area is 123 Å². The van der Waals surface area contributed by atoms with Crippen LogP contribution in [0.3, 0.4) is 0 Å². The molecule has 116 valence electrons. The van der Waals surface area contributed by atoms with Gasteiger partial charge in [-0.3, -0.25) is 14.9 Å². The Balaban J connectivity index is 2.68. The number of nitro benzene ring substituents is 1. The van der Waals surface area contributed by atoms with E-state index < -0.39 is 10.9 Å². The predicted molar refractivity (Wildman–Crippen MR) is 78.8 cm³/mol. The lowest BCUT2D eigenvalue weighted by atomic mass is 10.1. The summed E-state index contributed by atoms with van der Waals surface area (Å²) in [5.74, 6) is -0.237. The summed E-state index contributed by atoms with van der Waals surface area (Å²) in [5.41, 5.74) is 0.552. The summed E-state index contributed by atoms with van der Waals surface area (Å²) >= 11 is 0. The lowest BCUT2D eigenvalue weighted by Crippen LogP contribution is -2.13. The molecule has 0 saturated carbocycles. The van der Waals surface area contributed by atoms with Crippen LogP contribution in [0, 0.1) is 16.0 Å². The Hall–Kier alpha value is -2.31. The molecule has 0 radical (unpaired) electrons. The van der Waals surface area contributed by atoms with Gasteiger partial charge in [-0.15, -0.1) is 0 Å². The first-order valence-corrected chi connectivity index (χ1v) is 6.80. The molecule has 0 amide bonds. The molecule has 0 aliphatic rings. The highest BCUT2D eigenvalue weighted by Gasteiger charge is 2.11. The summed E-state index contributed by atoms with van der Waals surface area (Å²) in [5, 5.41) is 22.6. The number of carboxylic acids is 1. The minimum absolute atomic E-state index is 0.0401. The molecule has 0 heterocycles. The number of aliphatic carboxylic acids is 1. The van der Waals surface area contributed by atoms with Crippen molar-refractivity contribution in [2.75, 3.05) is 18.5 Å². The van der Waals surface area contributed by atoms with Crippen LogP contribution in [-0.2, 0) is 4.79 Å². The first kappa shape index (κ1) is 16.7. The van der Waals surface area contributed by atoms with Crippen LogP contribution < -0.4 is 10.1 Å². The molecule has 1 aromatic rings. The highest BCUT2D eigenvalue weighted by Crippen LogP contribution is 2.26. The number of ether oxygens (including phenoxy) is 1. The van der Waals surface area contributed by atoms with Gasteiger partial charge in [0, 0.05) is 30.8 Å². The lowest BCUT2D eigenvalue weighted by molar-refractivity contribution is -0.384. The minimum atomic E-state index is -0.823. The number of nitrogens with zero attached hydrogens (tertiary/aromatic N) is 1. The van der Waals surface area contributed by atoms with Crippen molar-refractivity contribution in [2.24, 2.45) is 5.92 Å². The van der Waals surface area contributed by atoms with Crippen molar-refractivity contribution in [3.05, 3.63) is 28.3 Å². The van der Waals surface area contributed by atoms with E-state index in [0.717, 1.165) is 0 Å². The topological polar surface area (TPSA) is 102 Å². The largest absolute Gasteiger partial charge is 0.494 e. The molecular weight excluding hydrogens is 276 g/mol. The van der Waals surface area contributed by atoms with Gasteiger partial charge in [-0.2, -0.15) is 0 Å². The van der Waals surface area contributed by atoms with Crippen LogP contribution in [0.2, 0.25) is 0 Å². The van der Waals surface area contributed by atoms with Gasteiger partial charge in [0.1, 0.15) is 5.75 Å². The molecule has 0 spiro atoms. The second-order valence-corrected chi connectivity index (χ2v) is 4.82. The molecule has 1 aromatic carbocycles. The number of benzene rings is 1. The van der Waals surface area contributed by atoms with E-state index in [1.807, 2.05) is 6.92 Å². The predicted octanol–water partition coefficient (Wildman–Crippen LogP) is 2.91. The molecule has 1 unspecified atom stereocenters.